The molecule has 2 rings (SSSR count). The predicted octanol–water partition coefficient (Wildman–Crippen LogP) is 3.13. The van der Waals surface area contributed by atoms with Crippen LogP contribution in [0.25, 0.3) is 0 Å². The Hall–Kier alpha value is -2.02. The number of nitrogens with one attached hydrogen (secondary N) is 1. The highest BCUT2D eigenvalue weighted by molar-refractivity contribution is 7.10. The first-order chi connectivity index (χ1) is 9.54. The number of aromatic nitrogens is 1. The molecular formula is C13H12F2N2O2S. The van der Waals surface area contributed by atoms with Crippen LogP contribution < -0.4 is 5.32 Å². The molecule has 0 radical (unpaired) electrons. The fraction of sp³-hybridized carbons (Fsp3) is 0.231. The topological polar surface area (TPSA) is 51.2 Å². The summed E-state index contributed by atoms with van der Waals surface area (Å²) in [4.78, 5) is 12.0. The molecule has 0 saturated carbocycles. The van der Waals surface area contributed by atoms with Gasteiger partial charge in [-0.15, -0.1) is 0 Å². The van der Waals surface area contributed by atoms with Crippen LogP contribution in [0.1, 0.15) is 21.6 Å². The molecule has 0 atom stereocenters. The van der Waals surface area contributed by atoms with Gasteiger partial charge in [-0.05, 0) is 24.5 Å². The van der Waals surface area contributed by atoms with Crippen LogP contribution in [0, 0.1) is 18.6 Å². The van der Waals surface area contributed by atoms with Gasteiger partial charge in [-0.3, -0.25) is 0 Å². The fourth-order valence-corrected chi connectivity index (χ4v) is 2.39. The molecule has 0 aliphatic carbocycles. The number of aryl methyl sites for hydroxylation is 1. The second kappa shape index (κ2) is 5.96. The van der Waals surface area contributed by atoms with Crippen molar-refractivity contribution in [2.75, 3.05) is 12.4 Å². The van der Waals surface area contributed by atoms with Gasteiger partial charge in [0.25, 0.3) is 0 Å². The SMILES string of the molecule is CNc1snc(C)c1C(=O)OCc1cccc(F)c1F. The van der Waals surface area contributed by atoms with Crippen molar-refractivity contribution in [2.45, 2.75) is 13.5 Å². The molecule has 2 aromatic rings. The lowest BCUT2D eigenvalue weighted by molar-refractivity contribution is 0.0468. The zero-order chi connectivity index (χ0) is 14.7. The van der Waals surface area contributed by atoms with E-state index in [0.29, 0.717) is 16.3 Å². The van der Waals surface area contributed by atoms with Crippen molar-refractivity contribution >= 4 is 22.5 Å². The summed E-state index contributed by atoms with van der Waals surface area (Å²) in [6.45, 7) is 1.34. The molecule has 0 aliphatic rings. The van der Waals surface area contributed by atoms with Crippen LogP contribution in [0.4, 0.5) is 13.8 Å². The number of esters is 1. The largest absolute Gasteiger partial charge is 0.457 e. The maximum Gasteiger partial charge on any atom is 0.343 e. The van der Waals surface area contributed by atoms with E-state index in [0.717, 1.165) is 17.6 Å². The number of nitrogens with zero attached hydrogens (tertiary/aromatic N) is 1. The van der Waals surface area contributed by atoms with Gasteiger partial charge < -0.3 is 10.1 Å². The molecule has 1 aromatic carbocycles. The van der Waals surface area contributed by atoms with E-state index in [9.17, 15) is 13.6 Å². The van der Waals surface area contributed by atoms with Crippen LogP contribution >= 0.6 is 11.5 Å². The molecule has 20 heavy (non-hydrogen) atoms. The fourth-order valence-electron chi connectivity index (χ4n) is 1.66. The van der Waals surface area contributed by atoms with Crippen molar-refractivity contribution in [3.8, 4) is 0 Å². The Morgan fingerprint density at radius 2 is 2.20 bits per heavy atom. The van der Waals surface area contributed by atoms with Gasteiger partial charge >= 0.3 is 5.97 Å². The first-order valence-electron chi connectivity index (χ1n) is 5.78. The van der Waals surface area contributed by atoms with Crippen LogP contribution in [-0.4, -0.2) is 17.4 Å². The molecule has 0 fully saturated rings. The molecule has 1 aromatic heterocycles. The number of anilines is 1. The van der Waals surface area contributed by atoms with E-state index in [-0.39, 0.29) is 12.2 Å². The number of carbonyl (C=O) groups excluding carboxylic acids is 1. The average Bonchev–Trinajstić information content (AvgIpc) is 2.81. The van der Waals surface area contributed by atoms with E-state index in [1.54, 1.807) is 14.0 Å². The Bertz CT molecular complexity index is 643. The predicted molar refractivity (Wildman–Crippen MR) is 71.9 cm³/mol. The Kier molecular flexibility index (Phi) is 4.29. The first kappa shape index (κ1) is 14.4. The number of carbonyl (C=O) groups is 1. The van der Waals surface area contributed by atoms with Crippen molar-refractivity contribution in [1.82, 2.24) is 4.37 Å². The molecule has 106 valence electrons. The first-order valence-corrected chi connectivity index (χ1v) is 6.56. The maximum absolute atomic E-state index is 13.4. The van der Waals surface area contributed by atoms with Gasteiger partial charge in [0.2, 0.25) is 0 Å². The van der Waals surface area contributed by atoms with Crippen molar-refractivity contribution in [3.63, 3.8) is 0 Å². The van der Waals surface area contributed by atoms with Crippen LogP contribution in [0.2, 0.25) is 0 Å². The lowest BCUT2D eigenvalue weighted by atomic mass is 10.2. The van der Waals surface area contributed by atoms with Gasteiger partial charge in [0.05, 0.1) is 5.69 Å². The minimum absolute atomic E-state index is 0.00907. The van der Waals surface area contributed by atoms with Crippen LogP contribution in [0.5, 0.6) is 0 Å². The molecule has 0 amide bonds. The van der Waals surface area contributed by atoms with E-state index >= 15 is 0 Å². The molecule has 1 heterocycles. The van der Waals surface area contributed by atoms with Crippen LogP contribution in [0.3, 0.4) is 0 Å². The van der Waals surface area contributed by atoms with Gasteiger partial charge in [0, 0.05) is 12.6 Å². The van der Waals surface area contributed by atoms with Crippen LogP contribution in [0.15, 0.2) is 18.2 Å². The highest BCUT2D eigenvalue weighted by atomic mass is 32.1. The molecule has 1 N–H and O–H groups in total. The van der Waals surface area contributed by atoms with Crippen molar-refractivity contribution in [2.24, 2.45) is 0 Å². The molecular weight excluding hydrogens is 286 g/mol. The van der Waals surface area contributed by atoms with Gasteiger partial charge in [-0.1, -0.05) is 12.1 Å². The van der Waals surface area contributed by atoms with Gasteiger partial charge in [0.1, 0.15) is 17.2 Å². The Morgan fingerprint density at radius 3 is 2.90 bits per heavy atom. The lowest BCUT2D eigenvalue weighted by Crippen LogP contribution is -2.09. The second-order valence-electron chi connectivity index (χ2n) is 4.01. The number of ether oxygens (including phenoxy) is 1. The number of halogens is 2. The number of hydrogen-bond acceptors (Lipinski definition) is 5. The van der Waals surface area contributed by atoms with Gasteiger partial charge in [-0.25, -0.2) is 13.6 Å². The van der Waals surface area contributed by atoms with Crippen molar-refractivity contribution in [3.05, 3.63) is 46.7 Å². The zero-order valence-electron chi connectivity index (χ0n) is 10.9. The quantitative estimate of drug-likeness (QED) is 0.881. The van der Waals surface area contributed by atoms with E-state index in [2.05, 4.69) is 9.69 Å². The molecule has 0 saturated heterocycles. The van der Waals surface area contributed by atoms with Gasteiger partial charge in [-0.2, -0.15) is 4.37 Å². The highest BCUT2D eigenvalue weighted by Crippen LogP contribution is 2.25. The van der Waals surface area contributed by atoms with Gasteiger partial charge in [0.15, 0.2) is 11.6 Å². The molecule has 0 aliphatic heterocycles. The minimum atomic E-state index is -1.01. The summed E-state index contributed by atoms with van der Waals surface area (Å²) in [5, 5.41) is 3.41. The average molecular weight is 298 g/mol. The summed E-state index contributed by atoms with van der Waals surface area (Å²) in [5.41, 5.74) is 0.837. The van der Waals surface area contributed by atoms with E-state index in [1.165, 1.54) is 12.1 Å². The highest BCUT2D eigenvalue weighted by Gasteiger charge is 2.20. The maximum atomic E-state index is 13.4. The number of hydrogen-bond donors (Lipinski definition) is 1. The Labute approximate surface area is 118 Å². The van der Waals surface area contributed by atoms with E-state index in [1.807, 2.05) is 0 Å². The lowest BCUT2D eigenvalue weighted by Gasteiger charge is -2.07. The van der Waals surface area contributed by atoms with E-state index in [4.69, 9.17) is 4.74 Å². The summed E-state index contributed by atoms with van der Waals surface area (Å²) in [7, 11) is 1.66. The van der Waals surface area contributed by atoms with Crippen molar-refractivity contribution in [1.29, 1.82) is 0 Å². The van der Waals surface area contributed by atoms with Crippen molar-refractivity contribution < 1.29 is 18.3 Å². The Morgan fingerprint density at radius 1 is 1.45 bits per heavy atom. The van der Waals surface area contributed by atoms with E-state index < -0.39 is 17.6 Å². The zero-order valence-corrected chi connectivity index (χ0v) is 11.7. The summed E-state index contributed by atoms with van der Waals surface area (Å²) >= 11 is 1.14. The molecule has 0 unspecified atom stereocenters. The number of benzene rings is 1. The molecule has 7 heteroatoms. The minimum Gasteiger partial charge on any atom is -0.457 e. The molecule has 0 spiro atoms. The Balaban J connectivity index is 2.13. The second-order valence-corrected chi connectivity index (χ2v) is 4.78. The summed E-state index contributed by atoms with van der Waals surface area (Å²) < 4.78 is 35.5. The molecule has 4 nitrogen and oxygen atoms in total. The number of rotatable bonds is 4. The third kappa shape index (κ3) is 2.77. The summed E-state index contributed by atoms with van der Waals surface area (Å²) in [5.74, 6) is -2.60. The monoisotopic (exact) mass is 298 g/mol. The summed E-state index contributed by atoms with van der Waals surface area (Å²) in [6.07, 6.45) is 0. The standard InChI is InChI=1S/C13H12F2N2O2S/c1-7-10(12(16-2)20-17-7)13(18)19-6-8-4-3-5-9(14)11(8)15/h3-5,16H,6H2,1-2H3. The smallest absolute Gasteiger partial charge is 0.343 e. The normalized spacial score (nSPS) is 10.4. The third-order valence-corrected chi connectivity index (χ3v) is 3.64. The molecule has 0 bridgehead atoms. The summed E-state index contributed by atoms with van der Waals surface area (Å²) in [6, 6.07) is 3.73. The van der Waals surface area contributed by atoms with Crippen LogP contribution in [-0.2, 0) is 11.3 Å². The third-order valence-electron chi connectivity index (χ3n) is 2.68.